The largest absolute Gasteiger partial charge is 0.387 e. The Hall–Kier alpha value is -0.910. The molecule has 0 bridgehead atoms. The second-order valence-corrected chi connectivity index (χ2v) is 4.88. The molecule has 0 fully saturated rings. The Kier molecular flexibility index (Phi) is 4.74. The van der Waals surface area contributed by atoms with Crippen molar-refractivity contribution in [3.63, 3.8) is 0 Å². The average molecular weight is 312 g/mol. The van der Waals surface area contributed by atoms with Crippen molar-refractivity contribution in [2.24, 2.45) is 4.99 Å². The maximum atomic E-state index is 5.73. The molecule has 98 valence electrons. The summed E-state index contributed by atoms with van der Waals surface area (Å²) in [6, 6.07) is 8.12. The molecule has 18 heavy (non-hydrogen) atoms. The van der Waals surface area contributed by atoms with Crippen LogP contribution in [0.15, 0.2) is 33.7 Å². The van der Waals surface area contributed by atoms with Crippen LogP contribution in [0.1, 0.15) is 25.6 Å². The highest BCUT2D eigenvalue weighted by atomic mass is 79.9. The third-order valence-electron chi connectivity index (χ3n) is 2.78. The summed E-state index contributed by atoms with van der Waals surface area (Å²) >= 11 is 3.57. The molecule has 2 rings (SSSR count). The van der Waals surface area contributed by atoms with Crippen LogP contribution in [0.25, 0.3) is 0 Å². The van der Waals surface area contributed by atoms with Crippen molar-refractivity contribution in [1.82, 2.24) is 10.4 Å². The van der Waals surface area contributed by atoms with Gasteiger partial charge in [-0.15, -0.1) is 5.06 Å². The molecule has 0 aliphatic carbocycles. The molecule has 0 saturated carbocycles. The van der Waals surface area contributed by atoms with Crippen molar-refractivity contribution in [1.29, 1.82) is 0 Å². The first-order valence-corrected chi connectivity index (χ1v) is 7.02. The lowest BCUT2D eigenvalue weighted by atomic mass is 10.2. The number of halogens is 1. The molecular formula is C13H18BrN3O. The number of nitrogens with zero attached hydrogens (tertiary/aromatic N) is 2. The van der Waals surface area contributed by atoms with E-state index in [4.69, 9.17) is 4.84 Å². The van der Waals surface area contributed by atoms with Gasteiger partial charge in [0.05, 0.1) is 6.54 Å². The number of benzene rings is 1. The van der Waals surface area contributed by atoms with Gasteiger partial charge in [0.1, 0.15) is 0 Å². The van der Waals surface area contributed by atoms with Gasteiger partial charge in [-0.3, -0.25) is 0 Å². The molecule has 1 aromatic rings. The molecule has 1 aliphatic heterocycles. The zero-order chi connectivity index (χ0) is 13.0. The van der Waals surface area contributed by atoms with Gasteiger partial charge >= 0.3 is 0 Å². The van der Waals surface area contributed by atoms with Gasteiger partial charge in [-0.1, -0.05) is 41.1 Å². The van der Waals surface area contributed by atoms with Gasteiger partial charge in [-0.25, -0.2) is 4.99 Å². The number of hydroxylamine groups is 2. The molecule has 1 heterocycles. The monoisotopic (exact) mass is 311 g/mol. The number of likely N-dealkylation sites (N-methyl/N-ethyl adjacent to an activating group) is 1. The molecule has 0 aromatic heterocycles. The number of hydrogen-bond donors (Lipinski definition) is 1. The minimum absolute atomic E-state index is 0.0563. The molecule has 0 spiro atoms. The average Bonchev–Trinajstić information content (AvgIpc) is 2.80. The van der Waals surface area contributed by atoms with Crippen LogP contribution >= 0.6 is 15.9 Å². The van der Waals surface area contributed by atoms with Gasteiger partial charge in [0.2, 0.25) is 5.90 Å². The first-order valence-electron chi connectivity index (χ1n) is 6.22. The van der Waals surface area contributed by atoms with Gasteiger partial charge in [-0.05, 0) is 19.5 Å². The quantitative estimate of drug-likeness (QED) is 0.908. The van der Waals surface area contributed by atoms with Crippen LogP contribution in [0.5, 0.6) is 0 Å². The zero-order valence-corrected chi connectivity index (χ0v) is 12.3. The van der Waals surface area contributed by atoms with Crippen LogP contribution in [0.2, 0.25) is 0 Å². The second-order valence-electron chi connectivity index (χ2n) is 4.02. The summed E-state index contributed by atoms with van der Waals surface area (Å²) in [4.78, 5) is 10.4. The van der Waals surface area contributed by atoms with E-state index in [2.05, 4.69) is 46.2 Å². The highest BCUT2D eigenvalue weighted by Gasteiger charge is 2.29. The smallest absolute Gasteiger partial charge is 0.225 e. The molecule has 0 saturated heterocycles. The summed E-state index contributed by atoms with van der Waals surface area (Å²) in [5.74, 6) is 0.749. The summed E-state index contributed by atoms with van der Waals surface area (Å²) in [7, 11) is 0. The lowest BCUT2D eigenvalue weighted by Gasteiger charge is -2.20. The summed E-state index contributed by atoms with van der Waals surface area (Å²) in [6.07, 6.45) is -0.0563. The van der Waals surface area contributed by atoms with Crippen molar-refractivity contribution >= 4 is 21.8 Å². The molecule has 1 aliphatic rings. The lowest BCUT2D eigenvalue weighted by Crippen LogP contribution is -2.28. The van der Waals surface area contributed by atoms with E-state index in [1.807, 2.05) is 23.3 Å². The Morgan fingerprint density at radius 3 is 2.83 bits per heavy atom. The van der Waals surface area contributed by atoms with E-state index in [0.29, 0.717) is 6.54 Å². The summed E-state index contributed by atoms with van der Waals surface area (Å²) in [5, 5.41) is 5.12. The van der Waals surface area contributed by atoms with Crippen molar-refractivity contribution in [3.8, 4) is 0 Å². The van der Waals surface area contributed by atoms with Crippen molar-refractivity contribution in [2.75, 3.05) is 19.6 Å². The minimum Gasteiger partial charge on any atom is -0.387 e. The molecule has 1 atom stereocenters. The fourth-order valence-corrected chi connectivity index (χ4v) is 2.36. The third-order valence-corrected chi connectivity index (χ3v) is 3.51. The molecule has 1 N–H and O–H groups in total. The topological polar surface area (TPSA) is 36.9 Å². The molecular weight excluding hydrogens is 294 g/mol. The number of nitrogens with one attached hydrogen (secondary N) is 1. The Bertz CT molecular complexity index is 436. The minimum atomic E-state index is -0.0563. The molecule has 0 unspecified atom stereocenters. The summed E-state index contributed by atoms with van der Waals surface area (Å²) in [5.41, 5.74) is 1.13. The van der Waals surface area contributed by atoms with E-state index in [1.54, 1.807) is 0 Å². The predicted molar refractivity (Wildman–Crippen MR) is 76.3 cm³/mol. The van der Waals surface area contributed by atoms with E-state index in [0.717, 1.165) is 29.0 Å². The van der Waals surface area contributed by atoms with E-state index >= 15 is 0 Å². The fourth-order valence-electron chi connectivity index (χ4n) is 1.87. The fraction of sp³-hybridized carbons (Fsp3) is 0.462. The van der Waals surface area contributed by atoms with Crippen LogP contribution in [0, 0.1) is 0 Å². The maximum Gasteiger partial charge on any atom is 0.225 e. The van der Waals surface area contributed by atoms with Gasteiger partial charge in [-0.2, -0.15) is 0 Å². The van der Waals surface area contributed by atoms with E-state index < -0.39 is 0 Å². The van der Waals surface area contributed by atoms with Crippen LogP contribution in [0.4, 0.5) is 0 Å². The standard InChI is InChI=1S/C13H18BrN3O/c1-3-15-9-12-16-13(17(4-2)18-12)10-7-5-6-8-11(10)14/h5-8,13,15H,3-4,9H2,1-2H3/t13-/m0/s1. The van der Waals surface area contributed by atoms with Crippen molar-refractivity contribution < 1.29 is 4.84 Å². The van der Waals surface area contributed by atoms with Crippen LogP contribution in [0.3, 0.4) is 0 Å². The number of rotatable bonds is 5. The van der Waals surface area contributed by atoms with Crippen LogP contribution in [-0.2, 0) is 4.84 Å². The van der Waals surface area contributed by atoms with Crippen LogP contribution in [-0.4, -0.2) is 30.6 Å². The van der Waals surface area contributed by atoms with Gasteiger partial charge in [0.25, 0.3) is 0 Å². The number of hydrogen-bond acceptors (Lipinski definition) is 4. The molecule has 1 aromatic carbocycles. The SMILES string of the molecule is CCNCC1=N[C@H](c2ccccc2Br)N(CC)O1. The highest BCUT2D eigenvalue weighted by Crippen LogP contribution is 2.32. The second kappa shape index (κ2) is 6.31. The maximum absolute atomic E-state index is 5.73. The van der Waals surface area contributed by atoms with E-state index in [1.165, 1.54) is 0 Å². The molecule has 5 heteroatoms. The zero-order valence-electron chi connectivity index (χ0n) is 10.7. The summed E-state index contributed by atoms with van der Waals surface area (Å²) < 4.78 is 1.06. The van der Waals surface area contributed by atoms with Gasteiger partial charge < -0.3 is 10.2 Å². The van der Waals surface area contributed by atoms with E-state index in [-0.39, 0.29) is 6.17 Å². The van der Waals surface area contributed by atoms with E-state index in [9.17, 15) is 0 Å². The van der Waals surface area contributed by atoms with Crippen molar-refractivity contribution in [2.45, 2.75) is 20.0 Å². The van der Waals surface area contributed by atoms with Gasteiger partial charge in [0, 0.05) is 16.6 Å². The van der Waals surface area contributed by atoms with Crippen LogP contribution < -0.4 is 5.32 Å². The number of aliphatic imine (C=N–C) groups is 1. The first-order chi connectivity index (χ1) is 8.76. The van der Waals surface area contributed by atoms with Crippen molar-refractivity contribution in [3.05, 3.63) is 34.3 Å². The lowest BCUT2D eigenvalue weighted by molar-refractivity contribution is -0.0812. The molecule has 4 nitrogen and oxygen atoms in total. The summed E-state index contributed by atoms with van der Waals surface area (Å²) in [6.45, 7) is 6.52. The highest BCUT2D eigenvalue weighted by molar-refractivity contribution is 9.10. The normalized spacial score (nSPS) is 19.7. The Balaban J connectivity index is 2.19. The molecule has 0 amide bonds. The first kappa shape index (κ1) is 13.5. The Labute approximate surface area is 116 Å². The van der Waals surface area contributed by atoms with Gasteiger partial charge in [0.15, 0.2) is 6.17 Å². The predicted octanol–water partition coefficient (Wildman–Crippen LogP) is 2.72. The third kappa shape index (κ3) is 2.91. The Morgan fingerprint density at radius 2 is 2.17 bits per heavy atom. The Morgan fingerprint density at radius 1 is 1.39 bits per heavy atom. The molecule has 0 radical (unpaired) electrons.